The minimum Gasteiger partial charge on any atom is -0.508 e. The van der Waals surface area contributed by atoms with E-state index in [0.29, 0.717) is 12.0 Å². The van der Waals surface area contributed by atoms with E-state index >= 15 is 0 Å². The highest BCUT2D eigenvalue weighted by Crippen LogP contribution is 2.21. The number of rotatable bonds is 2. The van der Waals surface area contributed by atoms with Crippen molar-refractivity contribution in [2.45, 2.75) is 19.1 Å². The van der Waals surface area contributed by atoms with Crippen molar-refractivity contribution in [3.8, 4) is 5.75 Å². The minimum absolute atomic E-state index is 0. The number of halogens is 1. The van der Waals surface area contributed by atoms with Crippen molar-refractivity contribution in [1.29, 1.82) is 0 Å². The summed E-state index contributed by atoms with van der Waals surface area (Å²) in [5.41, 5.74) is 4.75. The van der Waals surface area contributed by atoms with E-state index in [9.17, 15) is 5.11 Å². The zero-order valence-corrected chi connectivity index (χ0v) is 8.21. The highest BCUT2D eigenvalue weighted by molar-refractivity contribution is 5.85. The maximum Gasteiger partial charge on any atom is 0.139 e. The third kappa shape index (κ3) is 2.88. The number of benzene rings is 1. The Labute approximate surface area is 83.6 Å². The molecule has 0 aliphatic carbocycles. The van der Waals surface area contributed by atoms with Gasteiger partial charge in [-0.1, -0.05) is 19.1 Å². The van der Waals surface area contributed by atoms with Crippen LogP contribution >= 0.6 is 12.4 Å². The lowest BCUT2D eigenvalue weighted by atomic mass is 10.0. The molecule has 0 aliphatic rings. The molecule has 13 heavy (non-hydrogen) atoms. The smallest absolute Gasteiger partial charge is 0.139 e. The molecule has 3 nitrogen and oxygen atoms in total. The van der Waals surface area contributed by atoms with Gasteiger partial charge in [0.25, 0.3) is 0 Å². The molecule has 4 N–H and O–H groups in total. The normalized spacial score (nSPS) is 14.4. The van der Waals surface area contributed by atoms with Crippen LogP contribution in [0.2, 0.25) is 0 Å². The van der Waals surface area contributed by atoms with E-state index in [-0.39, 0.29) is 18.2 Å². The second-order valence-electron chi connectivity index (χ2n) is 2.83. The average Bonchev–Trinajstić information content (AvgIpc) is 2.05. The average molecular weight is 204 g/mol. The van der Waals surface area contributed by atoms with Crippen LogP contribution in [0.15, 0.2) is 24.3 Å². The van der Waals surface area contributed by atoms with Crippen molar-refractivity contribution < 1.29 is 10.2 Å². The molecule has 0 saturated carbocycles. The number of nitrogens with two attached hydrogens (primary N) is 1. The van der Waals surface area contributed by atoms with Crippen molar-refractivity contribution in [1.82, 2.24) is 0 Å². The van der Waals surface area contributed by atoms with Crippen molar-refractivity contribution >= 4 is 12.4 Å². The van der Waals surface area contributed by atoms with Crippen LogP contribution in [0.3, 0.4) is 0 Å². The van der Waals surface area contributed by atoms with E-state index in [0.717, 1.165) is 0 Å². The first kappa shape index (κ1) is 12.2. The summed E-state index contributed by atoms with van der Waals surface area (Å²) in [5.74, 6) is 0.116. The maximum absolute atomic E-state index is 9.59. The standard InChI is InChI=1S/C9H13NO2.ClH/c1-2-9(10,12)7-4-3-5-8(11)6-7;/h3-6,11-12H,2,10H2,1H3;1H/t9-;/m1./s1. The molecule has 74 valence electrons. The van der Waals surface area contributed by atoms with Crippen molar-refractivity contribution in [3.63, 3.8) is 0 Å². The predicted molar refractivity (Wildman–Crippen MR) is 53.7 cm³/mol. The summed E-state index contributed by atoms with van der Waals surface area (Å²) in [7, 11) is 0. The molecule has 1 aromatic rings. The molecule has 1 atom stereocenters. The summed E-state index contributed by atoms with van der Waals surface area (Å²) in [6.07, 6.45) is 0.413. The second-order valence-corrected chi connectivity index (χ2v) is 2.83. The Hall–Kier alpha value is -0.770. The molecule has 0 fully saturated rings. The summed E-state index contributed by atoms with van der Waals surface area (Å²) in [5, 5.41) is 18.7. The molecule has 0 heterocycles. The summed E-state index contributed by atoms with van der Waals surface area (Å²) in [4.78, 5) is 0. The van der Waals surface area contributed by atoms with Crippen molar-refractivity contribution in [3.05, 3.63) is 29.8 Å². The first-order valence-corrected chi connectivity index (χ1v) is 3.87. The van der Waals surface area contributed by atoms with E-state index in [1.54, 1.807) is 19.1 Å². The molecule has 1 rings (SSSR count). The lowest BCUT2D eigenvalue weighted by Crippen LogP contribution is -2.35. The van der Waals surface area contributed by atoms with Gasteiger partial charge < -0.3 is 10.2 Å². The molecule has 0 bridgehead atoms. The summed E-state index contributed by atoms with van der Waals surface area (Å²) in [6, 6.07) is 6.33. The maximum atomic E-state index is 9.59. The Morgan fingerprint density at radius 2 is 2.08 bits per heavy atom. The first-order valence-electron chi connectivity index (χ1n) is 3.87. The third-order valence-corrected chi connectivity index (χ3v) is 1.89. The quantitative estimate of drug-likeness (QED) is 0.636. The van der Waals surface area contributed by atoms with E-state index in [1.807, 2.05) is 0 Å². The Balaban J connectivity index is 0.00000144. The molecule has 0 aromatic heterocycles. The number of phenolic OH excluding ortho intramolecular Hbond substituents is 1. The number of phenols is 1. The second kappa shape index (κ2) is 4.46. The van der Waals surface area contributed by atoms with Gasteiger partial charge in [0.2, 0.25) is 0 Å². The van der Waals surface area contributed by atoms with Crippen LogP contribution in [-0.2, 0) is 5.72 Å². The molecule has 0 amide bonds. The Morgan fingerprint density at radius 1 is 1.46 bits per heavy atom. The van der Waals surface area contributed by atoms with E-state index in [1.165, 1.54) is 12.1 Å². The fraction of sp³-hybridized carbons (Fsp3) is 0.333. The van der Waals surface area contributed by atoms with Crippen LogP contribution in [-0.4, -0.2) is 10.2 Å². The molecule has 0 radical (unpaired) electrons. The zero-order valence-electron chi connectivity index (χ0n) is 7.40. The lowest BCUT2D eigenvalue weighted by Gasteiger charge is -2.21. The van der Waals surface area contributed by atoms with Gasteiger partial charge in [0.05, 0.1) is 0 Å². The number of hydrogen-bond donors (Lipinski definition) is 3. The van der Waals surface area contributed by atoms with Crippen LogP contribution in [0.5, 0.6) is 5.75 Å². The Bertz CT molecular complexity index is 276. The van der Waals surface area contributed by atoms with Crippen LogP contribution in [0.4, 0.5) is 0 Å². The molecular formula is C9H14ClNO2. The number of aliphatic hydroxyl groups is 1. The zero-order chi connectivity index (χ0) is 9.19. The van der Waals surface area contributed by atoms with Gasteiger partial charge in [-0.25, -0.2) is 0 Å². The largest absolute Gasteiger partial charge is 0.508 e. The van der Waals surface area contributed by atoms with Crippen LogP contribution in [0.25, 0.3) is 0 Å². The summed E-state index contributed by atoms with van der Waals surface area (Å²) >= 11 is 0. The Kier molecular flexibility index (Phi) is 4.20. The topological polar surface area (TPSA) is 66.5 Å². The van der Waals surface area contributed by atoms with E-state index in [2.05, 4.69) is 0 Å². The minimum atomic E-state index is -1.33. The molecule has 0 spiro atoms. The molecule has 0 aliphatic heterocycles. The molecule has 1 aromatic carbocycles. The number of hydrogen-bond acceptors (Lipinski definition) is 3. The van der Waals surface area contributed by atoms with Gasteiger partial charge in [-0.3, -0.25) is 5.73 Å². The fourth-order valence-corrected chi connectivity index (χ4v) is 0.979. The van der Waals surface area contributed by atoms with Crippen molar-refractivity contribution in [2.24, 2.45) is 5.73 Å². The molecular weight excluding hydrogens is 190 g/mol. The number of aromatic hydroxyl groups is 1. The SMILES string of the molecule is CC[C@@](N)(O)c1cccc(O)c1.Cl. The highest BCUT2D eigenvalue weighted by atomic mass is 35.5. The summed E-state index contributed by atoms with van der Waals surface area (Å²) in [6.45, 7) is 1.78. The van der Waals surface area contributed by atoms with Gasteiger partial charge >= 0.3 is 0 Å². The Morgan fingerprint density at radius 3 is 2.54 bits per heavy atom. The van der Waals surface area contributed by atoms with E-state index < -0.39 is 5.72 Å². The van der Waals surface area contributed by atoms with E-state index in [4.69, 9.17) is 10.8 Å². The predicted octanol–water partition coefficient (Wildman–Crippen LogP) is 1.33. The highest BCUT2D eigenvalue weighted by Gasteiger charge is 2.20. The fourth-order valence-electron chi connectivity index (χ4n) is 0.979. The molecule has 0 unspecified atom stereocenters. The third-order valence-electron chi connectivity index (χ3n) is 1.89. The van der Waals surface area contributed by atoms with Crippen molar-refractivity contribution in [2.75, 3.05) is 0 Å². The molecule has 4 heteroatoms. The summed E-state index contributed by atoms with van der Waals surface area (Å²) < 4.78 is 0. The van der Waals surface area contributed by atoms with Gasteiger partial charge in [0.15, 0.2) is 0 Å². The van der Waals surface area contributed by atoms with Crippen LogP contribution in [0.1, 0.15) is 18.9 Å². The van der Waals surface area contributed by atoms with Gasteiger partial charge in [-0.05, 0) is 18.6 Å². The van der Waals surface area contributed by atoms with Crippen LogP contribution in [0, 0.1) is 0 Å². The van der Waals surface area contributed by atoms with Crippen LogP contribution < -0.4 is 5.73 Å². The lowest BCUT2D eigenvalue weighted by molar-refractivity contribution is 0.0392. The first-order chi connectivity index (χ1) is 5.56. The van der Waals surface area contributed by atoms with Gasteiger partial charge in [-0.15, -0.1) is 12.4 Å². The van der Waals surface area contributed by atoms with Gasteiger partial charge in [0.1, 0.15) is 11.5 Å². The van der Waals surface area contributed by atoms with Gasteiger partial charge in [0, 0.05) is 5.56 Å². The van der Waals surface area contributed by atoms with Gasteiger partial charge in [-0.2, -0.15) is 0 Å². The monoisotopic (exact) mass is 203 g/mol. The molecule has 0 saturated heterocycles.